The third kappa shape index (κ3) is 1.61. The van der Waals surface area contributed by atoms with Gasteiger partial charge in [-0.15, -0.1) is 0 Å². The first-order chi connectivity index (χ1) is 6.68. The second-order valence-corrected chi connectivity index (χ2v) is 4.53. The lowest BCUT2D eigenvalue weighted by Crippen LogP contribution is -2.10. The summed E-state index contributed by atoms with van der Waals surface area (Å²) >= 11 is 0. The molecule has 1 aliphatic carbocycles. The van der Waals surface area contributed by atoms with E-state index in [0.717, 1.165) is 17.3 Å². The Bertz CT molecular complexity index is 327. The van der Waals surface area contributed by atoms with E-state index in [-0.39, 0.29) is 0 Å². The van der Waals surface area contributed by atoms with E-state index >= 15 is 0 Å². The van der Waals surface area contributed by atoms with Gasteiger partial charge in [-0.3, -0.25) is 4.98 Å². The van der Waals surface area contributed by atoms with E-state index in [9.17, 15) is 0 Å². The molecule has 2 nitrogen and oxygen atoms in total. The molecule has 1 aromatic rings. The minimum atomic E-state index is 0.422. The Morgan fingerprint density at radius 2 is 2.14 bits per heavy atom. The summed E-state index contributed by atoms with van der Waals surface area (Å²) in [6.07, 6.45) is 5.98. The molecular weight excluding hydrogens is 172 g/mol. The topological polar surface area (TPSA) is 38.9 Å². The lowest BCUT2D eigenvalue weighted by atomic mass is 9.80. The van der Waals surface area contributed by atoms with Gasteiger partial charge in [-0.1, -0.05) is 20.3 Å². The summed E-state index contributed by atoms with van der Waals surface area (Å²) in [4.78, 5) is 4.46. The van der Waals surface area contributed by atoms with Crippen LogP contribution in [0, 0.1) is 0 Å². The lowest BCUT2D eigenvalue weighted by molar-refractivity contribution is 0.419. The fraction of sp³-hybridized carbons (Fsp3) is 0.583. The van der Waals surface area contributed by atoms with Crippen molar-refractivity contribution in [2.24, 2.45) is 0 Å². The van der Waals surface area contributed by atoms with Crippen LogP contribution in [0.15, 0.2) is 12.3 Å². The molecule has 14 heavy (non-hydrogen) atoms. The maximum Gasteiger partial charge on any atom is 0.0658 e. The highest BCUT2D eigenvalue weighted by molar-refractivity contribution is 5.47. The van der Waals surface area contributed by atoms with Crippen molar-refractivity contribution in [1.29, 1.82) is 0 Å². The molecule has 2 N–H and O–H groups in total. The van der Waals surface area contributed by atoms with Crippen molar-refractivity contribution in [3.63, 3.8) is 0 Å². The quantitative estimate of drug-likeness (QED) is 0.778. The predicted octanol–water partition coefficient (Wildman–Crippen LogP) is 3.05. The number of hydrogen-bond acceptors (Lipinski definition) is 2. The number of hydrogen-bond donors (Lipinski definition) is 1. The lowest BCUT2D eigenvalue weighted by Gasteiger charge is -2.26. The van der Waals surface area contributed by atoms with Gasteiger partial charge in [0.1, 0.15) is 0 Å². The maximum atomic E-state index is 5.98. The third-order valence-corrected chi connectivity index (χ3v) is 3.09. The monoisotopic (exact) mass is 190 g/mol. The average Bonchev–Trinajstić information content (AvgIpc) is 2.00. The van der Waals surface area contributed by atoms with Crippen molar-refractivity contribution in [2.45, 2.75) is 44.9 Å². The molecule has 1 aliphatic rings. The minimum Gasteiger partial charge on any atom is -0.397 e. The summed E-state index contributed by atoms with van der Waals surface area (Å²) in [7, 11) is 0. The van der Waals surface area contributed by atoms with Crippen LogP contribution in [0.1, 0.15) is 56.2 Å². The Balaban J connectivity index is 2.25. The number of anilines is 1. The second kappa shape index (κ2) is 3.60. The normalized spacial score (nSPS) is 17.1. The molecule has 0 unspecified atom stereocenters. The van der Waals surface area contributed by atoms with Gasteiger partial charge in [0.05, 0.1) is 11.4 Å². The number of nitrogen functional groups attached to an aromatic ring is 1. The standard InChI is InChI=1S/C12H18N2/c1-8(2)12-11(13)6-10(7-14-12)9-4-3-5-9/h6-9H,3-5,13H2,1-2H3. The Morgan fingerprint density at radius 1 is 1.43 bits per heavy atom. The number of aromatic nitrogens is 1. The molecule has 0 saturated heterocycles. The molecule has 76 valence electrons. The van der Waals surface area contributed by atoms with E-state index in [1.807, 2.05) is 6.20 Å². The van der Waals surface area contributed by atoms with Crippen LogP contribution in [0.4, 0.5) is 5.69 Å². The molecule has 0 aliphatic heterocycles. The smallest absolute Gasteiger partial charge is 0.0658 e. The van der Waals surface area contributed by atoms with Crippen molar-refractivity contribution < 1.29 is 0 Å². The first-order valence-corrected chi connectivity index (χ1v) is 5.44. The Morgan fingerprint density at radius 3 is 2.57 bits per heavy atom. The first kappa shape index (κ1) is 9.50. The highest BCUT2D eigenvalue weighted by atomic mass is 14.7. The summed E-state index contributed by atoms with van der Waals surface area (Å²) in [5, 5.41) is 0. The van der Waals surface area contributed by atoms with Gasteiger partial charge in [0.2, 0.25) is 0 Å². The zero-order valence-electron chi connectivity index (χ0n) is 8.96. The van der Waals surface area contributed by atoms with Crippen LogP contribution in [-0.4, -0.2) is 4.98 Å². The SMILES string of the molecule is CC(C)c1ncc(C2CCC2)cc1N. The number of rotatable bonds is 2. The van der Waals surface area contributed by atoms with Gasteiger partial charge in [0.25, 0.3) is 0 Å². The van der Waals surface area contributed by atoms with Crippen molar-refractivity contribution >= 4 is 5.69 Å². The highest BCUT2D eigenvalue weighted by Crippen LogP contribution is 2.37. The van der Waals surface area contributed by atoms with Gasteiger partial charge in [0.15, 0.2) is 0 Å². The zero-order valence-corrected chi connectivity index (χ0v) is 8.96. The molecule has 0 aromatic carbocycles. The molecular formula is C12H18N2. The van der Waals surface area contributed by atoms with Crippen molar-refractivity contribution in [3.8, 4) is 0 Å². The summed E-state index contributed by atoms with van der Waals surface area (Å²) in [6.45, 7) is 4.25. The van der Waals surface area contributed by atoms with Crippen molar-refractivity contribution in [2.75, 3.05) is 5.73 Å². The predicted molar refractivity (Wildman–Crippen MR) is 59.3 cm³/mol. The van der Waals surface area contributed by atoms with Gasteiger partial charge in [0, 0.05) is 6.20 Å². The van der Waals surface area contributed by atoms with Crippen LogP contribution < -0.4 is 5.73 Å². The Labute approximate surface area is 85.5 Å². The van der Waals surface area contributed by atoms with Gasteiger partial charge in [-0.25, -0.2) is 0 Å². The van der Waals surface area contributed by atoms with Crippen molar-refractivity contribution in [3.05, 3.63) is 23.5 Å². The molecule has 0 radical (unpaired) electrons. The summed E-state index contributed by atoms with van der Waals surface area (Å²) in [5.41, 5.74) is 9.21. The van der Waals surface area contributed by atoms with E-state index in [0.29, 0.717) is 5.92 Å². The molecule has 2 heteroatoms. The van der Waals surface area contributed by atoms with Crippen LogP contribution in [0.3, 0.4) is 0 Å². The second-order valence-electron chi connectivity index (χ2n) is 4.53. The van der Waals surface area contributed by atoms with E-state index in [4.69, 9.17) is 5.73 Å². The van der Waals surface area contributed by atoms with E-state index in [1.54, 1.807) is 0 Å². The van der Waals surface area contributed by atoms with E-state index < -0.39 is 0 Å². The van der Waals surface area contributed by atoms with Crippen molar-refractivity contribution in [1.82, 2.24) is 4.98 Å². The van der Waals surface area contributed by atoms with E-state index in [2.05, 4.69) is 24.9 Å². The van der Waals surface area contributed by atoms with E-state index in [1.165, 1.54) is 24.8 Å². The average molecular weight is 190 g/mol. The molecule has 2 rings (SSSR count). The largest absolute Gasteiger partial charge is 0.397 e. The van der Waals surface area contributed by atoms with Gasteiger partial charge >= 0.3 is 0 Å². The van der Waals surface area contributed by atoms with Crippen LogP contribution in [0.2, 0.25) is 0 Å². The van der Waals surface area contributed by atoms with Gasteiger partial charge < -0.3 is 5.73 Å². The third-order valence-electron chi connectivity index (χ3n) is 3.09. The number of pyridine rings is 1. The summed E-state index contributed by atoms with van der Waals surface area (Å²) < 4.78 is 0. The van der Waals surface area contributed by atoms with Crippen LogP contribution >= 0.6 is 0 Å². The summed E-state index contributed by atoms with van der Waals surface area (Å²) in [5.74, 6) is 1.15. The fourth-order valence-corrected chi connectivity index (χ4v) is 1.96. The maximum absolute atomic E-state index is 5.98. The van der Waals surface area contributed by atoms with Gasteiger partial charge in [-0.2, -0.15) is 0 Å². The van der Waals surface area contributed by atoms with Crippen LogP contribution in [-0.2, 0) is 0 Å². The molecule has 0 atom stereocenters. The Kier molecular flexibility index (Phi) is 2.44. The number of nitrogens with zero attached hydrogens (tertiary/aromatic N) is 1. The molecule has 1 saturated carbocycles. The molecule has 1 aromatic heterocycles. The van der Waals surface area contributed by atoms with Crippen LogP contribution in [0.25, 0.3) is 0 Å². The molecule has 0 bridgehead atoms. The summed E-state index contributed by atoms with van der Waals surface area (Å²) in [6, 6.07) is 2.12. The molecule has 0 amide bonds. The molecule has 1 fully saturated rings. The minimum absolute atomic E-state index is 0.422. The van der Waals surface area contributed by atoms with Crippen LogP contribution in [0.5, 0.6) is 0 Å². The zero-order chi connectivity index (χ0) is 10.1. The Hall–Kier alpha value is -1.05. The van der Waals surface area contributed by atoms with Gasteiger partial charge in [-0.05, 0) is 36.3 Å². The highest BCUT2D eigenvalue weighted by Gasteiger charge is 2.20. The molecule has 0 spiro atoms. The fourth-order valence-electron chi connectivity index (χ4n) is 1.96. The first-order valence-electron chi connectivity index (χ1n) is 5.44. The number of nitrogens with two attached hydrogens (primary N) is 1. The molecule has 1 heterocycles.